The van der Waals surface area contributed by atoms with Gasteiger partial charge in [0.2, 0.25) is 0 Å². The predicted octanol–water partition coefficient (Wildman–Crippen LogP) is 14.7. The van der Waals surface area contributed by atoms with E-state index in [2.05, 4.69) is 161 Å². The maximum absolute atomic E-state index is 10.3. The lowest BCUT2D eigenvalue weighted by molar-refractivity contribution is 1.16. The summed E-state index contributed by atoms with van der Waals surface area (Å²) in [5.74, 6) is 0.551. The second kappa shape index (κ2) is 15.8. The van der Waals surface area contributed by atoms with Crippen LogP contribution in [0.2, 0.25) is 0 Å². The van der Waals surface area contributed by atoms with Crippen LogP contribution in [0.4, 0.5) is 0 Å². The van der Waals surface area contributed by atoms with Crippen LogP contribution in [-0.2, 0) is 0 Å². The van der Waals surface area contributed by atoms with Crippen LogP contribution >= 0.6 is 0 Å². The number of nitrogens with zero attached hydrogens (tertiary/aromatic N) is 6. The van der Waals surface area contributed by atoms with Crippen molar-refractivity contribution in [1.29, 1.82) is 10.5 Å². The van der Waals surface area contributed by atoms with Crippen molar-refractivity contribution in [3.8, 4) is 79.7 Å². The molecule has 0 atom stereocenters. The summed E-state index contributed by atoms with van der Waals surface area (Å²) in [4.78, 5) is 10.6. The Morgan fingerprint density at radius 1 is 0.333 bits per heavy atom. The van der Waals surface area contributed by atoms with E-state index in [1.807, 2.05) is 78.9 Å². The molecule has 12 aromatic rings. The first-order valence-electron chi connectivity index (χ1n) is 21.8. The Labute approximate surface area is 380 Å². The van der Waals surface area contributed by atoms with E-state index in [1.54, 1.807) is 0 Å². The highest BCUT2D eigenvalue weighted by atomic mass is 15.0. The van der Waals surface area contributed by atoms with Gasteiger partial charge >= 0.3 is 0 Å². The van der Waals surface area contributed by atoms with Crippen LogP contribution in [0.25, 0.3) is 111 Å². The molecule has 0 spiro atoms. The Bertz CT molecular complexity index is 3770. The van der Waals surface area contributed by atoms with Gasteiger partial charge in [-0.25, -0.2) is 9.97 Å². The molecule has 0 aliphatic rings. The van der Waals surface area contributed by atoms with Crippen molar-refractivity contribution in [2.24, 2.45) is 0 Å². The minimum Gasteiger partial charge on any atom is -0.309 e. The Morgan fingerprint density at radius 3 is 1.29 bits per heavy atom. The van der Waals surface area contributed by atoms with Crippen molar-refractivity contribution in [1.82, 2.24) is 19.1 Å². The molecule has 0 radical (unpaired) electrons. The van der Waals surface area contributed by atoms with Crippen molar-refractivity contribution in [3.63, 3.8) is 0 Å². The summed E-state index contributed by atoms with van der Waals surface area (Å²) in [5.41, 5.74) is 15.2. The SMILES string of the molecule is N#Cc1cccc(-c2cc(-c3nc(-c4ccccc4)cc(-c4ccccc4)n3)cc(-c3cccc(C#N)c3)c2-n2c3ccccc3c3cc(-n4c5ccccc5c5ccccc54)ccc32)c1. The summed E-state index contributed by atoms with van der Waals surface area (Å²) in [6.45, 7) is 0. The van der Waals surface area contributed by atoms with Crippen LogP contribution in [0.5, 0.6) is 0 Å². The van der Waals surface area contributed by atoms with Gasteiger partial charge < -0.3 is 9.13 Å². The Balaban J connectivity index is 1.19. The fourth-order valence-electron chi connectivity index (χ4n) is 9.59. The lowest BCUT2D eigenvalue weighted by Crippen LogP contribution is -2.03. The average molecular weight is 841 g/mol. The minimum absolute atomic E-state index is 0.545. The van der Waals surface area contributed by atoms with Gasteiger partial charge in [0.05, 0.1) is 62.4 Å². The second-order valence-electron chi connectivity index (χ2n) is 16.4. The number of hydrogen-bond acceptors (Lipinski definition) is 4. The number of aromatic nitrogens is 4. The Hall–Kier alpha value is -9.36. The Kier molecular flexibility index (Phi) is 9.16. The zero-order chi connectivity index (χ0) is 44.1. The van der Waals surface area contributed by atoms with Crippen LogP contribution in [0.15, 0.2) is 218 Å². The molecule has 0 saturated heterocycles. The molecule has 0 aliphatic carbocycles. The third kappa shape index (κ3) is 6.41. The van der Waals surface area contributed by atoms with Gasteiger partial charge in [-0.15, -0.1) is 0 Å². The number of nitriles is 2. The first-order valence-corrected chi connectivity index (χ1v) is 21.8. The standard InChI is InChI=1S/C60H36N6/c61-37-39-15-13-21-43(31-39)50-33-45(60-63-53(41-17-3-1-4-18-41)36-54(64-60)42-19-5-2-6-20-42)34-51(44-22-14-16-40(32-44)38-62)59(50)66-57-28-12-9-25-49(57)52-35-46(29-30-58(52)66)65-55-26-10-7-23-47(55)48-24-8-11-27-56(48)65/h1-36H. The molecule has 0 amide bonds. The number of para-hydroxylation sites is 3. The van der Waals surface area contributed by atoms with E-state index in [4.69, 9.17) is 9.97 Å². The zero-order valence-corrected chi connectivity index (χ0v) is 35.5. The lowest BCUT2D eigenvalue weighted by Gasteiger charge is -2.21. The molecule has 9 aromatic carbocycles. The maximum Gasteiger partial charge on any atom is 0.160 e. The van der Waals surface area contributed by atoms with E-state index in [0.29, 0.717) is 17.0 Å². The molecule has 66 heavy (non-hydrogen) atoms. The predicted molar refractivity (Wildman–Crippen MR) is 267 cm³/mol. The fourth-order valence-corrected chi connectivity index (χ4v) is 9.59. The quantitative estimate of drug-likeness (QED) is 0.160. The highest BCUT2D eigenvalue weighted by molar-refractivity contribution is 6.13. The van der Waals surface area contributed by atoms with E-state index in [9.17, 15) is 10.5 Å². The molecule has 0 bridgehead atoms. The molecule has 0 N–H and O–H groups in total. The highest BCUT2D eigenvalue weighted by Gasteiger charge is 2.24. The molecule has 3 heterocycles. The van der Waals surface area contributed by atoms with Gasteiger partial charge in [0.25, 0.3) is 0 Å². The monoisotopic (exact) mass is 840 g/mol. The molecule has 306 valence electrons. The van der Waals surface area contributed by atoms with Crippen molar-refractivity contribution in [2.75, 3.05) is 0 Å². The van der Waals surface area contributed by atoms with Gasteiger partial charge in [0.15, 0.2) is 5.82 Å². The summed E-state index contributed by atoms with van der Waals surface area (Å²) in [5, 5.41) is 25.1. The van der Waals surface area contributed by atoms with E-state index < -0.39 is 0 Å². The molecule has 6 nitrogen and oxygen atoms in total. The number of fused-ring (bicyclic) bond motifs is 6. The summed E-state index contributed by atoms with van der Waals surface area (Å²) < 4.78 is 4.71. The summed E-state index contributed by atoms with van der Waals surface area (Å²) in [7, 11) is 0. The smallest absolute Gasteiger partial charge is 0.160 e. The van der Waals surface area contributed by atoms with E-state index in [-0.39, 0.29) is 0 Å². The molecule has 0 unspecified atom stereocenters. The third-order valence-electron chi connectivity index (χ3n) is 12.6. The second-order valence-corrected chi connectivity index (χ2v) is 16.4. The molecule has 6 heteroatoms. The molecular weight excluding hydrogens is 805 g/mol. The van der Waals surface area contributed by atoms with Gasteiger partial charge in [-0.2, -0.15) is 10.5 Å². The van der Waals surface area contributed by atoms with Crippen LogP contribution < -0.4 is 0 Å². The maximum atomic E-state index is 10.3. The zero-order valence-electron chi connectivity index (χ0n) is 35.5. The number of rotatable bonds is 7. The molecule has 0 aliphatic heterocycles. The van der Waals surface area contributed by atoms with E-state index in [1.165, 1.54) is 10.8 Å². The highest BCUT2D eigenvalue weighted by Crippen LogP contribution is 2.45. The van der Waals surface area contributed by atoms with Crippen molar-refractivity contribution in [3.05, 3.63) is 230 Å². The van der Waals surface area contributed by atoms with Crippen LogP contribution in [0.1, 0.15) is 11.1 Å². The van der Waals surface area contributed by atoms with Crippen molar-refractivity contribution >= 4 is 43.6 Å². The summed E-state index contributed by atoms with van der Waals surface area (Å²) >= 11 is 0. The normalized spacial score (nSPS) is 11.3. The van der Waals surface area contributed by atoms with Gasteiger partial charge in [0, 0.05) is 55.0 Å². The lowest BCUT2D eigenvalue weighted by atomic mass is 9.91. The molecular formula is C60H36N6. The molecule has 3 aromatic heterocycles. The van der Waals surface area contributed by atoms with Crippen molar-refractivity contribution in [2.45, 2.75) is 0 Å². The van der Waals surface area contributed by atoms with Gasteiger partial charge in [-0.3, -0.25) is 0 Å². The topological polar surface area (TPSA) is 83.2 Å². The largest absolute Gasteiger partial charge is 0.309 e. The molecule has 0 fully saturated rings. The van der Waals surface area contributed by atoms with Crippen LogP contribution in [0.3, 0.4) is 0 Å². The van der Waals surface area contributed by atoms with Gasteiger partial charge in [0.1, 0.15) is 0 Å². The Morgan fingerprint density at radius 2 is 0.773 bits per heavy atom. The number of benzene rings is 9. The summed E-state index contributed by atoms with van der Waals surface area (Å²) in [6, 6.07) is 79.5. The average Bonchev–Trinajstić information content (AvgIpc) is 3.91. The first-order chi connectivity index (χ1) is 32.6. The van der Waals surface area contributed by atoms with Gasteiger partial charge in [-0.1, -0.05) is 140 Å². The number of hydrogen-bond donors (Lipinski definition) is 0. The fraction of sp³-hybridized carbons (Fsp3) is 0. The van der Waals surface area contributed by atoms with Gasteiger partial charge in [-0.05, 0) is 90.0 Å². The van der Waals surface area contributed by atoms with E-state index >= 15 is 0 Å². The van der Waals surface area contributed by atoms with Crippen LogP contribution in [0, 0.1) is 22.7 Å². The van der Waals surface area contributed by atoms with Crippen LogP contribution in [-0.4, -0.2) is 19.1 Å². The summed E-state index contributed by atoms with van der Waals surface area (Å²) in [6.07, 6.45) is 0. The van der Waals surface area contributed by atoms with E-state index in [0.717, 1.165) is 94.5 Å². The molecule has 0 saturated carbocycles. The minimum atomic E-state index is 0.545. The third-order valence-corrected chi connectivity index (χ3v) is 12.6. The first kappa shape index (κ1) is 38.3. The van der Waals surface area contributed by atoms with Crippen molar-refractivity contribution < 1.29 is 0 Å². The molecule has 12 rings (SSSR count).